The van der Waals surface area contributed by atoms with Crippen molar-refractivity contribution in [2.24, 2.45) is 0 Å². The lowest BCUT2D eigenvalue weighted by Crippen LogP contribution is -2.34. The Labute approximate surface area is 118 Å². The van der Waals surface area contributed by atoms with Gasteiger partial charge in [-0.3, -0.25) is 9.59 Å². The van der Waals surface area contributed by atoms with Gasteiger partial charge in [0.05, 0.1) is 13.0 Å². The molecule has 5 heteroatoms. The molecule has 0 spiro atoms. The first-order valence-electron chi connectivity index (χ1n) is 6.98. The maximum Gasteiger partial charge on any atom is 0.307 e. The van der Waals surface area contributed by atoms with E-state index in [0.29, 0.717) is 17.3 Å². The summed E-state index contributed by atoms with van der Waals surface area (Å²) in [5.41, 5.74) is 1.20. The Hall–Kier alpha value is -1.88. The Kier molecular flexibility index (Phi) is 5.12. The second-order valence-corrected chi connectivity index (χ2v) is 5.14. The summed E-state index contributed by atoms with van der Waals surface area (Å²) in [6.45, 7) is 0.270. The molecule has 108 valence electrons. The molecule has 1 aromatic rings. The van der Waals surface area contributed by atoms with Crippen molar-refractivity contribution in [3.8, 4) is 0 Å². The average molecular weight is 276 g/mol. The third-order valence-electron chi connectivity index (χ3n) is 3.54. The van der Waals surface area contributed by atoms with E-state index in [1.807, 2.05) is 0 Å². The van der Waals surface area contributed by atoms with Crippen molar-refractivity contribution in [2.45, 2.75) is 38.1 Å². The largest absolute Gasteiger partial charge is 0.481 e. The zero-order valence-corrected chi connectivity index (χ0v) is 11.4. The van der Waals surface area contributed by atoms with Gasteiger partial charge in [0.25, 0.3) is 0 Å². The lowest BCUT2D eigenvalue weighted by Gasteiger charge is -2.13. The summed E-state index contributed by atoms with van der Waals surface area (Å²) in [7, 11) is 0. The Balaban J connectivity index is 1.88. The normalized spacial score (nSPS) is 15.2. The standard InChI is InChI=1S/C15H20N2O3/c18-14(10-16-12-6-2-3-7-12)17-13-8-4-1-5-11(13)9-15(19)20/h1,4-5,8,12,16H,2-3,6-7,9-10H2,(H,17,18)(H,19,20). The molecule has 0 saturated heterocycles. The minimum atomic E-state index is -0.907. The highest BCUT2D eigenvalue weighted by Gasteiger charge is 2.15. The minimum Gasteiger partial charge on any atom is -0.481 e. The van der Waals surface area contributed by atoms with Crippen LogP contribution in [0.25, 0.3) is 0 Å². The lowest BCUT2D eigenvalue weighted by atomic mass is 10.1. The van der Waals surface area contributed by atoms with Gasteiger partial charge in [-0.25, -0.2) is 0 Å². The van der Waals surface area contributed by atoms with Crippen molar-refractivity contribution in [3.63, 3.8) is 0 Å². The fourth-order valence-electron chi connectivity index (χ4n) is 2.52. The number of anilines is 1. The molecule has 1 fully saturated rings. The number of amides is 1. The minimum absolute atomic E-state index is 0.0908. The molecule has 1 aromatic carbocycles. The van der Waals surface area contributed by atoms with E-state index in [1.54, 1.807) is 24.3 Å². The third-order valence-corrected chi connectivity index (χ3v) is 3.54. The quantitative estimate of drug-likeness (QED) is 0.740. The van der Waals surface area contributed by atoms with E-state index < -0.39 is 5.97 Å². The molecular weight excluding hydrogens is 256 g/mol. The molecule has 0 aliphatic heterocycles. The summed E-state index contributed by atoms with van der Waals surface area (Å²) in [6.07, 6.45) is 4.61. The van der Waals surface area contributed by atoms with Crippen LogP contribution in [0.1, 0.15) is 31.2 Å². The molecule has 3 N–H and O–H groups in total. The molecule has 1 saturated carbocycles. The summed E-state index contributed by atoms with van der Waals surface area (Å²) < 4.78 is 0. The number of rotatable bonds is 6. The van der Waals surface area contributed by atoms with E-state index >= 15 is 0 Å². The van der Waals surface area contributed by atoms with E-state index in [0.717, 1.165) is 12.8 Å². The third kappa shape index (κ3) is 4.35. The predicted molar refractivity (Wildman–Crippen MR) is 76.7 cm³/mol. The Morgan fingerprint density at radius 2 is 1.90 bits per heavy atom. The van der Waals surface area contributed by atoms with Gasteiger partial charge in [-0.15, -0.1) is 0 Å². The highest BCUT2D eigenvalue weighted by molar-refractivity contribution is 5.93. The molecule has 0 heterocycles. The first-order valence-corrected chi connectivity index (χ1v) is 6.98. The zero-order chi connectivity index (χ0) is 14.4. The average Bonchev–Trinajstić information content (AvgIpc) is 2.91. The number of carbonyl (C=O) groups excluding carboxylic acids is 1. The smallest absolute Gasteiger partial charge is 0.307 e. The molecule has 0 atom stereocenters. The number of carbonyl (C=O) groups is 2. The van der Waals surface area contributed by atoms with E-state index in [1.165, 1.54) is 12.8 Å². The van der Waals surface area contributed by atoms with Crippen LogP contribution < -0.4 is 10.6 Å². The van der Waals surface area contributed by atoms with Gasteiger partial charge in [0.2, 0.25) is 5.91 Å². The van der Waals surface area contributed by atoms with Crippen LogP contribution in [0.3, 0.4) is 0 Å². The highest BCUT2D eigenvalue weighted by atomic mass is 16.4. The Bertz CT molecular complexity index is 482. The molecule has 0 aromatic heterocycles. The van der Waals surface area contributed by atoms with Crippen molar-refractivity contribution in [3.05, 3.63) is 29.8 Å². The van der Waals surface area contributed by atoms with Gasteiger partial charge in [-0.05, 0) is 24.5 Å². The van der Waals surface area contributed by atoms with E-state index in [4.69, 9.17) is 5.11 Å². The number of carboxylic acid groups (broad SMARTS) is 1. The first-order chi connectivity index (χ1) is 9.65. The molecule has 2 rings (SSSR count). The van der Waals surface area contributed by atoms with Gasteiger partial charge < -0.3 is 15.7 Å². The lowest BCUT2D eigenvalue weighted by molar-refractivity contribution is -0.136. The fraction of sp³-hybridized carbons (Fsp3) is 0.467. The second kappa shape index (κ2) is 7.05. The van der Waals surface area contributed by atoms with Crippen LogP contribution in [0.2, 0.25) is 0 Å². The maximum atomic E-state index is 11.9. The summed E-state index contributed by atoms with van der Waals surface area (Å²) in [5, 5.41) is 14.9. The fourth-order valence-corrected chi connectivity index (χ4v) is 2.52. The molecule has 0 unspecified atom stereocenters. The van der Waals surface area contributed by atoms with Crippen LogP contribution in [0.15, 0.2) is 24.3 Å². The molecule has 0 bridgehead atoms. The first kappa shape index (κ1) is 14.5. The monoisotopic (exact) mass is 276 g/mol. The molecule has 5 nitrogen and oxygen atoms in total. The van der Waals surface area contributed by atoms with Crippen molar-refractivity contribution in [1.82, 2.24) is 5.32 Å². The van der Waals surface area contributed by atoms with Crippen molar-refractivity contribution < 1.29 is 14.7 Å². The number of aliphatic carboxylic acids is 1. The van der Waals surface area contributed by atoms with Crippen LogP contribution in [0, 0.1) is 0 Å². The number of hydrogen-bond donors (Lipinski definition) is 3. The molecule has 1 aliphatic carbocycles. The van der Waals surface area contributed by atoms with Crippen molar-refractivity contribution in [2.75, 3.05) is 11.9 Å². The Morgan fingerprint density at radius 1 is 1.20 bits per heavy atom. The molecular formula is C15H20N2O3. The highest BCUT2D eigenvalue weighted by Crippen LogP contribution is 2.18. The van der Waals surface area contributed by atoms with E-state index in [2.05, 4.69) is 10.6 Å². The van der Waals surface area contributed by atoms with Gasteiger partial charge in [-0.1, -0.05) is 31.0 Å². The number of para-hydroxylation sites is 1. The Morgan fingerprint density at radius 3 is 2.60 bits per heavy atom. The van der Waals surface area contributed by atoms with Crippen LogP contribution >= 0.6 is 0 Å². The van der Waals surface area contributed by atoms with Crippen LogP contribution in [-0.2, 0) is 16.0 Å². The van der Waals surface area contributed by atoms with E-state index in [-0.39, 0.29) is 18.9 Å². The molecule has 0 radical (unpaired) electrons. The number of carboxylic acids is 1. The van der Waals surface area contributed by atoms with Gasteiger partial charge in [-0.2, -0.15) is 0 Å². The predicted octanol–water partition coefficient (Wildman–Crippen LogP) is 1.78. The summed E-state index contributed by atoms with van der Waals surface area (Å²) in [5.74, 6) is -1.04. The van der Waals surface area contributed by atoms with Gasteiger partial charge in [0, 0.05) is 11.7 Å². The number of hydrogen-bond acceptors (Lipinski definition) is 3. The summed E-state index contributed by atoms with van der Waals surface area (Å²) in [4.78, 5) is 22.7. The van der Waals surface area contributed by atoms with E-state index in [9.17, 15) is 9.59 Å². The second-order valence-electron chi connectivity index (χ2n) is 5.14. The maximum absolute atomic E-state index is 11.9. The van der Waals surface area contributed by atoms with Gasteiger partial charge in [0.15, 0.2) is 0 Å². The van der Waals surface area contributed by atoms with Gasteiger partial charge in [0.1, 0.15) is 0 Å². The topological polar surface area (TPSA) is 78.4 Å². The van der Waals surface area contributed by atoms with Crippen LogP contribution in [-0.4, -0.2) is 29.6 Å². The summed E-state index contributed by atoms with van der Waals surface area (Å²) in [6, 6.07) is 7.44. The molecule has 1 aliphatic rings. The van der Waals surface area contributed by atoms with Crippen molar-refractivity contribution >= 4 is 17.6 Å². The number of benzene rings is 1. The molecule has 1 amide bonds. The van der Waals surface area contributed by atoms with Crippen LogP contribution in [0.5, 0.6) is 0 Å². The van der Waals surface area contributed by atoms with Gasteiger partial charge >= 0.3 is 5.97 Å². The SMILES string of the molecule is O=C(O)Cc1ccccc1NC(=O)CNC1CCCC1. The zero-order valence-electron chi connectivity index (χ0n) is 11.4. The number of nitrogens with one attached hydrogen (secondary N) is 2. The van der Waals surface area contributed by atoms with Crippen LogP contribution in [0.4, 0.5) is 5.69 Å². The van der Waals surface area contributed by atoms with Crippen molar-refractivity contribution in [1.29, 1.82) is 0 Å². The summed E-state index contributed by atoms with van der Waals surface area (Å²) >= 11 is 0. The molecule has 20 heavy (non-hydrogen) atoms.